The minimum Gasteiger partial charge on any atom is -0.255 e. The van der Waals surface area contributed by atoms with Crippen LogP contribution in [-0.2, 0) is 14.5 Å². The van der Waals surface area contributed by atoms with Crippen molar-refractivity contribution in [3.05, 3.63) is 0 Å². The zero-order chi connectivity index (χ0) is 14.0. The molecule has 0 bridgehead atoms. The van der Waals surface area contributed by atoms with Crippen molar-refractivity contribution >= 4 is 20.3 Å². The predicted molar refractivity (Wildman–Crippen MR) is 78.0 cm³/mol. The molecule has 4 nitrogen and oxygen atoms in total. The summed E-state index contributed by atoms with van der Waals surface area (Å²) in [6.45, 7) is 3.73. The van der Waals surface area contributed by atoms with E-state index in [1.54, 1.807) is 0 Å². The molecule has 1 heterocycles. The first-order chi connectivity index (χ1) is 7.99. The molecule has 0 amide bonds. The number of hydrogen-bond acceptors (Lipinski definition) is 3. The molecular weight excluding hydrogens is 270 g/mol. The number of rotatable bonds is 2. The Hall–Kier alpha value is -0.220. The maximum Gasteiger partial charge on any atom is 0.336 e. The Balaban J connectivity index is 2.55. The molecule has 0 aromatic heterocycles. The molecule has 0 aromatic carbocycles. The summed E-state index contributed by atoms with van der Waals surface area (Å²) in [5, 5.41) is 3.22. The Morgan fingerprint density at radius 1 is 1.39 bits per heavy atom. The molecule has 1 aliphatic heterocycles. The van der Waals surface area contributed by atoms with E-state index in [4.69, 9.17) is 4.18 Å². The van der Waals surface area contributed by atoms with Crippen molar-refractivity contribution in [2.45, 2.75) is 44.8 Å². The zero-order valence-electron chi connectivity index (χ0n) is 11.7. The Morgan fingerprint density at radius 3 is 2.50 bits per heavy atom. The largest absolute Gasteiger partial charge is 0.336 e. The molecule has 6 heteroatoms. The van der Waals surface area contributed by atoms with Crippen LogP contribution in [0.5, 0.6) is 0 Å². The fraction of sp³-hybridized carbons (Fsp3) is 0.833. The molecule has 1 aliphatic rings. The Labute approximate surface area is 112 Å². The van der Waals surface area contributed by atoms with E-state index in [2.05, 4.69) is 34.7 Å². The third-order valence-electron chi connectivity index (χ3n) is 2.37. The third kappa shape index (κ3) is 6.10. The van der Waals surface area contributed by atoms with Gasteiger partial charge in [0, 0.05) is 12.0 Å². The van der Waals surface area contributed by atoms with Crippen molar-refractivity contribution < 1.29 is 12.6 Å². The second-order valence-electron chi connectivity index (χ2n) is 6.02. The average molecular weight is 293 g/mol. The standard InChI is InChI=1S/C12H23NO3S2/c1-12(2)10-11(16-18(14,15)13-12)8-6-7-9-17(3,4)5/h11,13H,6,8,10H2,1-5H3. The highest BCUT2D eigenvalue weighted by molar-refractivity contribution is 8.35. The molecule has 0 radical (unpaired) electrons. The van der Waals surface area contributed by atoms with Crippen LogP contribution in [0.3, 0.4) is 0 Å². The summed E-state index contributed by atoms with van der Waals surface area (Å²) in [5.74, 6) is 3.12. The molecule has 1 atom stereocenters. The van der Waals surface area contributed by atoms with Crippen molar-refractivity contribution in [1.29, 1.82) is 0 Å². The second-order valence-corrected chi connectivity index (χ2v) is 11.2. The van der Waals surface area contributed by atoms with Gasteiger partial charge in [0.1, 0.15) is 0 Å². The fourth-order valence-electron chi connectivity index (χ4n) is 1.84. The van der Waals surface area contributed by atoms with Crippen LogP contribution < -0.4 is 4.72 Å². The Bertz CT molecular complexity index is 452. The van der Waals surface area contributed by atoms with Gasteiger partial charge >= 0.3 is 10.3 Å². The van der Waals surface area contributed by atoms with E-state index < -0.39 is 25.9 Å². The normalized spacial score (nSPS) is 27.1. The van der Waals surface area contributed by atoms with E-state index in [9.17, 15) is 8.42 Å². The summed E-state index contributed by atoms with van der Waals surface area (Å²) < 4.78 is 30.5. The van der Waals surface area contributed by atoms with Crippen molar-refractivity contribution in [3.8, 4) is 11.2 Å². The first-order valence-electron chi connectivity index (χ1n) is 5.89. The van der Waals surface area contributed by atoms with Crippen LogP contribution in [0.25, 0.3) is 0 Å². The molecule has 1 rings (SSSR count). The highest BCUT2D eigenvalue weighted by Crippen LogP contribution is 2.32. The van der Waals surface area contributed by atoms with Crippen molar-refractivity contribution in [2.75, 3.05) is 18.8 Å². The predicted octanol–water partition coefficient (Wildman–Crippen LogP) is 1.82. The van der Waals surface area contributed by atoms with Crippen LogP contribution in [0.2, 0.25) is 0 Å². The van der Waals surface area contributed by atoms with Gasteiger partial charge in [-0.3, -0.25) is 4.18 Å². The molecule has 0 aliphatic carbocycles. The van der Waals surface area contributed by atoms with Gasteiger partial charge in [0.05, 0.1) is 6.10 Å². The van der Waals surface area contributed by atoms with Crippen LogP contribution in [-0.4, -0.2) is 38.8 Å². The van der Waals surface area contributed by atoms with E-state index in [0.717, 1.165) is 0 Å². The lowest BCUT2D eigenvalue weighted by atomic mass is 9.96. The molecule has 1 N–H and O–H groups in total. The summed E-state index contributed by atoms with van der Waals surface area (Å²) in [6, 6.07) is 0. The number of nitrogens with one attached hydrogen (secondary N) is 1. The van der Waals surface area contributed by atoms with Crippen LogP contribution >= 0.6 is 10.0 Å². The molecule has 18 heavy (non-hydrogen) atoms. The maximum atomic E-state index is 11.5. The lowest BCUT2D eigenvalue weighted by molar-refractivity contribution is 0.125. The van der Waals surface area contributed by atoms with Crippen molar-refractivity contribution in [1.82, 2.24) is 4.72 Å². The lowest BCUT2D eigenvalue weighted by Crippen LogP contribution is -2.52. The van der Waals surface area contributed by atoms with Crippen LogP contribution in [0, 0.1) is 11.2 Å². The molecule has 0 aromatic rings. The first-order valence-corrected chi connectivity index (χ1v) is 10.2. The minimum atomic E-state index is -3.60. The molecule has 0 saturated carbocycles. The van der Waals surface area contributed by atoms with Gasteiger partial charge in [0.2, 0.25) is 0 Å². The SMILES string of the molecule is CC1(C)CC(CCC#CS(C)(C)C)OS(=O)(=O)N1. The maximum absolute atomic E-state index is 11.5. The molecule has 0 spiro atoms. The van der Waals surface area contributed by atoms with E-state index >= 15 is 0 Å². The highest BCUT2D eigenvalue weighted by atomic mass is 32.3. The van der Waals surface area contributed by atoms with E-state index in [1.165, 1.54) is 0 Å². The summed E-state index contributed by atoms with van der Waals surface area (Å²) in [4.78, 5) is 0. The molecule has 1 unspecified atom stereocenters. The van der Waals surface area contributed by atoms with E-state index in [-0.39, 0.29) is 6.10 Å². The summed E-state index contributed by atoms with van der Waals surface area (Å²) in [7, 11) is -4.40. The van der Waals surface area contributed by atoms with Gasteiger partial charge in [0.15, 0.2) is 0 Å². The average Bonchev–Trinajstić information content (AvgIpc) is 2.05. The smallest absolute Gasteiger partial charge is 0.255 e. The monoisotopic (exact) mass is 293 g/mol. The van der Waals surface area contributed by atoms with Gasteiger partial charge in [0.25, 0.3) is 0 Å². The van der Waals surface area contributed by atoms with Gasteiger partial charge in [-0.15, -0.1) is 0 Å². The van der Waals surface area contributed by atoms with Gasteiger partial charge in [-0.2, -0.15) is 23.2 Å². The quantitative estimate of drug-likeness (QED) is 0.790. The van der Waals surface area contributed by atoms with Gasteiger partial charge < -0.3 is 0 Å². The van der Waals surface area contributed by atoms with E-state index in [0.29, 0.717) is 19.3 Å². The Morgan fingerprint density at radius 2 is 2.00 bits per heavy atom. The summed E-state index contributed by atoms with van der Waals surface area (Å²) >= 11 is 0. The third-order valence-corrected chi connectivity index (χ3v) is 4.46. The fourth-order valence-corrected chi connectivity index (χ4v) is 3.70. The molecule has 1 saturated heterocycles. The summed E-state index contributed by atoms with van der Waals surface area (Å²) in [6.07, 6.45) is 8.15. The lowest BCUT2D eigenvalue weighted by Gasteiger charge is -2.35. The highest BCUT2D eigenvalue weighted by Gasteiger charge is 2.36. The zero-order valence-corrected chi connectivity index (χ0v) is 13.4. The van der Waals surface area contributed by atoms with Crippen molar-refractivity contribution in [3.63, 3.8) is 0 Å². The van der Waals surface area contributed by atoms with Crippen LogP contribution in [0.4, 0.5) is 0 Å². The number of hydrogen-bond donors (Lipinski definition) is 1. The first kappa shape index (κ1) is 15.8. The molecule has 106 valence electrons. The van der Waals surface area contributed by atoms with Gasteiger partial charge in [-0.25, -0.2) is 0 Å². The van der Waals surface area contributed by atoms with Crippen LogP contribution in [0.15, 0.2) is 0 Å². The topological polar surface area (TPSA) is 55.4 Å². The molecule has 1 fully saturated rings. The minimum absolute atomic E-state index is 0.268. The molecular formula is C12H23NO3S2. The van der Waals surface area contributed by atoms with Gasteiger partial charge in [-0.05, 0) is 45.5 Å². The Kier molecular flexibility index (Phi) is 4.76. The second kappa shape index (κ2) is 5.41. The van der Waals surface area contributed by atoms with Crippen LogP contribution in [0.1, 0.15) is 33.1 Å². The summed E-state index contributed by atoms with van der Waals surface area (Å²) in [5.41, 5.74) is -0.440. The van der Waals surface area contributed by atoms with E-state index in [1.807, 2.05) is 13.8 Å². The van der Waals surface area contributed by atoms with Gasteiger partial charge in [-0.1, -0.05) is 11.2 Å². The van der Waals surface area contributed by atoms with Crippen molar-refractivity contribution in [2.24, 2.45) is 0 Å².